The normalized spacial score (nSPS) is 12.2. The van der Waals surface area contributed by atoms with Crippen LogP contribution < -0.4 is 14.8 Å². The van der Waals surface area contributed by atoms with Crippen LogP contribution in [0.25, 0.3) is 0 Å². The SMILES string of the molecule is Cc1cc(Br)cc(C)c1OC(C)C(=O)Nc1ccc(S(=O)(=O)NCc2ccccc2)cc1. The molecule has 1 unspecified atom stereocenters. The zero-order chi connectivity index (χ0) is 23.3. The van der Waals surface area contributed by atoms with E-state index in [2.05, 4.69) is 26.0 Å². The Kier molecular flexibility index (Phi) is 7.71. The second-order valence-corrected chi connectivity index (χ2v) is 10.1. The van der Waals surface area contributed by atoms with Crippen molar-refractivity contribution in [3.63, 3.8) is 0 Å². The number of nitrogens with one attached hydrogen (secondary N) is 2. The molecular formula is C24H25BrN2O4S. The van der Waals surface area contributed by atoms with Gasteiger partial charge in [-0.1, -0.05) is 46.3 Å². The van der Waals surface area contributed by atoms with Crippen LogP contribution in [0.1, 0.15) is 23.6 Å². The van der Waals surface area contributed by atoms with E-state index in [1.165, 1.54) is 12.1 Å². The van der Waals surface area contributed by atoms with Crippen LogP contribution in [-0.4, -0.2) is 20.4 Å². The topological polar surface area (TPSA) is 84.5 Å². The van der Waals surface area contributed by atoms with Crippen LogP contribution in [0.3, 0.4) is 0 Å². The number of hydrogen-bond acceptors (Lipinski definition) is 4. The van der Waals surface area contributed by atoms with Crippen LogP contribution in [0, 0.1) is 13.8 Å². The largest absolute Gasteiger partial charge is 0.480 e. The van der Waals surface area contributed by atoms with Gasteiger partial charge in [-0.15, -0.1) is 0 Å². The lowest BCUT2D eigenvalue weighted by atomic mass is 10.1. The number of aryl methyl sites for hydroxylation is 2. The molecule has 1 amide bonds. The van der Waals surface area contributed by atoms with Gasteiger partial charge >= 0.3 is 0 Å². The molecule has 0 aliphatic rings. The Balaban J connectivity index is 1.61. The molecule has 3 aromatic rings. The van der Waals surface area contributed by atoms with Crippen molar-refractivity contribution in [3.05, 3.63) is 87.9 Å². The summed E-state index contributed by atoms with van der Waals surface area (Å²) in [4.78, 5) is 12.7. The molecule has 3 aromatic carbocycles. The van der Waals surface area contributed by atoms with Crippen molar-refractivity contribution in [3.8, 4) is 5.75 Å². The fraction of sp³-hybridized carbons (Fsp3) is 0.208. The third-order valence-electron chi connectivity index (χ3n) is 4.83. The second kappa shape index (κ2) is 10.3. The van der Waals surface area contributed by atoms with Gasteiger partial charge in [0.05, 0.1) is 4.90 Å². The van der Waals surface area contributed by atoms with Gasteiger partial charge in [0, 0.05) is 16.7 Å². The van der Waals surface area contributed by atoms with E-state index in [1.54, 1.807) is 19.1 Å². The predicted octanol–water partition coefficient (Wildman–Crippen LogP) is 4.95. The zero-order valence-electron chi connectivity index (χ0n) is 18.1. The Morgan fingerprint density at radius 1 is 1.00 bits per heavy atom. The van der Waals surface area contributed by atoms with E-state index in [9.17, 15) is 13.2 Å². The van der Waals surface area contributed by atoms with E-state index in [1.807, 2.05) is 56.3 Å². The van der Waals surface area contributed by atoms with Gasteiger partial charge in [0.15, 0.2) is 6.10 Å². The van der Waals surface area contributed by atoms with Crippen molar-refractivity contribution in [1.82, 2.24) is 4.72 Å². The zero-order valence-corrected chi connectivity index (χ0v) is 20.5. The first-order chi connectivity index (χ1) is 15.2. The molecule has 0 radical (unpaired) electrons. The molecule has 0 aromatic heterocycles. The minimum atomic E-state index is -3.67. The monoisotopic (exact) mass is 516 g/mol. The molecule has 0 heterocycles. The number of benzene rings is 3. The standard InChI is InChI=1S/C24H25BrN2O4S/c1-16-13-20(25)14-17(2)23(16)31-18(3)24(28)27-21-9-11-22(12-10-21)32(29,30)26-15-19-7-5-4-6-8-19/h4-14,18,26H,15H2,1-3H3,(H,27,28). The Hall–Kier alpha value is -2.68. The van der Waals surface area contributed by atoms with E-state index in [0.29, 0.717) is 11.4 Å². The first kappa shape index (κ1) is 24.0. The van der Waals surface area contributed by atoms with Crippen molar-refractivity contribution in [2.75, 3.05) is 5.32 Å². The van der Waals surface area contributed by atoms with Crippen LogP contribution in [0.4, 0.5) is 5.69 Å². The summed E-state index contributed by atoms with van der Waals surface area (Å²) in [6, 6.07) is 19.2. The van der Waals surface area contributed by atoms with Gasteiger partial charge in [-0.2, -0.15) is 0 Å². The molecule has 2 N–H and O–H groups in total. The molecule has 3 rings (SSSR count). The van der Waals surface area contributed by atoms with Crippen LogP contribution in [0.15, 0.2) is 76.1 Å². The van der Waals surface area contributed by atoms with Crippen molar-refractivity contribution in [2.45, 2.75) is 38.3 Å². The fourth-order valence-electron chi connectivity index (χ4n) is 3.13. The molecule has 0 spiro atoms. The van der Waals surface area contributed by atoms with Crippen molar-refractivity contribution in [2.24, 2.45) is 0 Å². The maximum atomic E-state index is 12.6. The summed E-state index contributed by atoms with van der Waals surface area (Å²) in [5.74, 6) is 0.339. The highest BCUT2D eigenvalue weighted by molar-refractivity contribution is 9.10. The van der Waals surface area contributed by atoms with Gasteiger partial charge in [-0.05, 0) is 73.9 Å². The molecule has 0 saturated carbocycles. The summed E-state index contributed by atoms with van der Waals surface area (Å²) in [5, 5.41) is 2.76. The molecule has 168 valence electrons. The molecule has 6 nitrogen and oxygen atoms in total. The van der Waals surface area contributed by atoms with Gasteiger partial charge in [-0.3, -0.25) is 4.79 Å². The Morgan fingerprint density at radius 3 is 2.19 bits per heavy atom. The number of hydrogen-bond donors (Lipinski definition) is 2. The number of halogens is 1. The van der Waals surface area contributed by atoms with Crippen molar-refractivity contribution >= 4 is 37.5 Å². The van der Waals surface area contributed by atoms with Gasteiger partial charge in [-0.25, -0.2) is 13.1 Å². The summed E-state index contributed by atoms with van der Waals surface area (Å²) in [5.41, 5.74) is 3.20. The molecule has 0 bridgehead atoms. The van der Waals surface area contributed by atoms with Crippen LogP contribution in [0.2, 0.25) is 0 Å². The van der Waals surface area contributed by atoms with Gasteiger partial charge in [0.1, 0.15) is 5.75 Å². The third-order valence-corrected chi connectivity index (χ3v) is 6.71. The summed E-state index contributed by atoms with van der Waals surface area (Å²) < 4.78 is 34.4. The first-order valence-electron chi connectivity index (χ1n) is 10.0. The van der Waals surface area contributed by atoms with Gasteiger partial charge in [0.2, 0.25) is 10.0 Å². The second-order valence-electron chi connectivity index (χ2n) is 7.45. The van der Waals surface area contributed by atoms with Crippen LogP contribution >= 0.6 is 15.9 Å². The minimum absolute atomic E-state index is 0.122. The lowest BCUT2D eigenvalue weighted by Crippen LogP contribution is -2.30. The Bertz CT molecular complexity index is 1170. The van der Waals surface area contributed by atoms with E-state index in [-0.39, 0.29) is 17.3 Å². The van der Waals surface area contributed by atoms with Crippen molar-refractivity contribution in [1.29, 1.82) is 0 Å². The number of carbonyl (C=O) groups is 1. The average Bonchev–Trinajstić information content (AvgIpc) is 2.76. The predicted molar refractivity (Wildman–Crippen MR) is 129 cm³/mol. The summed E-state index contributed by atoms with van der Waals surface area (Å²) in [6.45, 7) is 5.71. The van der Waals surface area contributed by atoms with E-state index >= 15 is 0 Å². The number of anilines is 1. The lowest BCUT2D eigenvalue weighted by Gasteiger charge is -2.18. The van der Waals surface area contributed by atoms with E-state index in [4.69, 9.17) is 4.74 Å². The molecule has 0 aliphatic heterocycles. The number of carbonyl (C=O) groups excluding carboxylic acids is 1. The third kappa shape index (κ3) is 6.18. The summed E-state index contributed by atoms with van der Waals surface area (Å²) >= 11 is 3.45. The summed E-state index contributed by atoms with van der Waals surface area (Å²) in [6.07, 6.45) is -0.732. The molecule has 1 atom stereocenters. The maximum absolute atomic E-state index is 12.6. The number of sulfonamides is 1. The fourth-order valence-corrected chi connectivity index (χ4v) is 4.84. The smallest absolute Gasteiger partial charge is 0.265 e. The first-order valence-corrected chi connectivity index (χ1v) is 12.3. The summed E-state index contributed by atoms with van der Waals surface area (Å²) in [7, 11) is -3.67. The van der Waals surface area contributed by atoms with Crippen LogP contribution in [0.5, 0.6) is 5.75 Å². The molecule has 0 aliphatic carbocycles. The molecule has 8 heteroatoms. The quantitative estimate of drug-likeness (QED) is 0.443. The van der Waals surface area contributed by atoms with Crippen molar-refractivity contribution < 1.29 is 17.9 Å². The molecule has 0 saturated heterocycles. The van der Waals surface area contributed by atoms with Crippen LogP contribution in [-0.2, 0) is 21.4 Å². The van der Waals surface area contributed by atoms with E-state index in [0.717, 1.165) is 21.2 Å². The molecule has 32 heavy (non-hydrogen) atoms. The Morgan fingerprint density at radius 2 is 1.59 bits per heavy atom. The van der Waals surface area contributed by atoms with Gasteiger partial charge in [0.25, 0.3) is 5.91 Å². The number of ether oxygens (including phenoxy) is 1. The average molecular weight is 517 g/mol. The number of amides is 1. The van der Waals surface area contributed by atoms with E-state index < -0.39 is 16.1 Å². The highest BCUT2D eigenvalue weighted by Crippen LogP contribution is 2.28. The molecular weight excluding hydrogens is 492 g/mol. The Labute approximate surface area is 197 Å². The minimum Gasteiger partial charge on any atom is -0.480 e. The highest BCUT2D eigenvalue weighted by Gasteiger charge is 2.18. The lowest BCUT2D eigenvalue weighted by molar-refractivity contribution is -0.122. The highest BCUT2D eigenvalue weighted by atomic mass is 79.9. The maximum Gasteiger partial charge on any atom is 0.265 e. The molecule has 0 fully saturated rings. The number of rotatable bonds is 8. The van der Waals surface area contributed by atoms with Gasteiger partial charge < -0.3 is 10.1 Å².